The maximum absolute atomic E-state index is 11.6. The van der Waals surface area contributed by atoms with E-state index in [-0.39, 0.29) is 18.0 Å². The molecular weight excluding hydrogens is 238 g/mol. The summed E-state index contributed by atoms with van der Waals surface area (Å²) in [5.74, 6) is 0.229. The average Bonchev–Trinajstić information content (AvgIpc) is 2.31. The second-order valence-electron chi connectivity index (χ2n) is 5.61. The number of nitrogens with two attached hydrogens (primary N) is 1. The highest BCUT2D eigenvalue weighted by atomic mass is 16.5. The van der Waals surface area contributed by atoms with E-state index in [1.54, 1.807) is 6.92 Å². The van der Waals surface area contributed by atoms with E-state index in [1.807, 2.05) is 6.92 Å². The molecule has 3 nitrogen and oxygen atoms in total. The Labute approximate surface area is 116 Å². The average molecular weight is 263 g/mol. The van der Waals surface area contributed by atoms with E-state index in [2.05, 4.69) is 45.0 Å². The van der Waals surface area contributed by atoms with Gasteiger partial charge in [-0.3, -0.25) is 4.79 Å². The molecule has 0 bridgehead atoms. The summed E-state index contributed by atoms with van der Waals surface area (Å²) in [7, 11) is 0. The second-order valence-corrected chi connectivity index (χ2v) is 5.61. The molecule has 0 heterocycles. The molecule has 0 aliphatic carbocycles. The van der Waals surface area contributed by atoms with Crippen molar-refractivity contribution >= 4 is 5.97 Å². The minimum absolute atomic E-state index is 0.179. The van der Waals surface area contributed by atoms with Crippen molar-refractivity contribution in [3.63, 3.8) is 0 Å². The molecule has 0 aromatic heterocycles. The number of carbonyl (C=O) groups is 1. The van der Waals surface area contributed by atoms with Crippen LogP contribution in [-0.4, -0.2) is 18.1 Å². The summed E-state index contributed by atoms with van der Waals surface area (Å²) in [6.45, 7) is 9.92. The molecule has 0 unspecified atom stereocenters. The molecule has 106 valence electrons. The first-order valence-corrected chi connectivity index (χ1v) is 6.85. The molecule has 0 aliphatic rings. The first-order chi connectivity index (χ1) is 8.82. The first-order valence-electron chi connectivity index (χ1n) is 6.85. The molecule has 1 aromatic rings. The van der Waals surface area contributed by atoms with Gasteiger partial charge in [-0.15, -0.1) is 0 Å². The van der Waals surface area contributed by atoms with Crippen molar-refractivity contribution in [3.05, 3.63) is 35.4 Å². The van der Waals surface area contributed by atoms with E-state index in [4.69, 9.17) is 10.5 Å². The van der Waals surface area contributed by atoms with Crippen LogP contribution in [0.1, 0.15) is 44.7 Å². The van der Waals surface area contributed by atoms with Crippen LogP contribution in [0.15, 0.2) is 24.3 Å². The zero-order valence-electron chi connectivity index (χ0n) is 12.5. The van der Waals surface area contributed by atoms with Gasteiger partial charge >= 0.3 is 5.97 Å². The summed E-state index contributed by atoms with van der Waals surface area (Å²) in [4.78, 5) is 11.6. The van der Waals surface area contributed by atoms with Crippen LogP contribution >= 0.6 is 0 Å². The molecule has 0 amide bonds. The lowest BCUT2D eigenvalue weighted by Gasteiger charge is -2.28. The zero-order chi connectivity index (χ0) is 14.6. The van der Waals surface area contributed by atoms with Gasteiger partial charge in [-0.05, 0) is 32.3 Å². The van der Waals surface area contributed by atoms with Gasteiger partial charge in [0.2, 0.25) is 0 Å². The number of ether oxygens (including phenoxy) is 1. The Morgan fingerprint density at radius 2 is 1.63 bits per heavy atom. The highest BCUT2D eigenvalue weighted by Gasteiger charge is 2.26. The lowest BCUT2D eigenvalue weighted by molar-refractivity contribution is -0.151. The largest absolute Gasteiger partial charge is 0.461 e. The summed E-state index contributed by atoms with van der Waals surface area (Å²) in [6, 6.07) is 7.82. The second kappa shape index (κ2) is 6.71. The monoisotopic (exact) mass is 263 g/mol. The molecule has 1 aromatic carbocycles. The third-order valence-electron chi connectivity index (χ3n) is 3.36. The van der Waals surface area contributed by atoms with E-state index in [1.165, 1.54) is 11.1 Å². The number of aryl methyl sites for hydroxylation is 1. The Morgan fingerprint density at radius 1 is 1.11 bits per heavy atom. The summed E-state index contributed by atoms with van der Waals surface area (Å²) < 4.78 is 5.46. The number of hydrogen-bond acceptors (Lipinski definition) is 3. The molecular formula is C16H25NO2. The van der Waals surface area contributed by atoms with Gasteiger partial charge in [0.05, 0.1) is 0 Å². The number of esters is 1. The highest BCUT2D eigenvalue weighted by Crippen LogP contribution is 2.30. The molecule has 0 aliphatic heterocycles. The van der Waals surface area contributed by atoms with Crippen LogP contribution in [-0.2, 0) is 9.53 Å². The van der Waals surface area contributed by atoms with Crippen molar-refractivity contribution in [2.75, 3.05) is 0 Å². The quantitative estimate of drug-likeness (QED) is 0.831. The summed E-state index contributed by atoms with van der Waals surface area (Å²) in [5.41, 5.74) is 7.97. The molecule has 1 rings (SSSR count). The van der Waals surface area contributed by atoms with Crippen molar-refractivity contribution in [2.45, 2.75) is 52.7 Å². The van der Waals surface area contributed by atoms with Gasteiger partial charge in [-0.25, -0.2) is 0 Å². The van der Waals surface area contributed by atoms with Gasteiger partial charge in [0.25, 0.3) is 0 Å². The van der Waals surface area contributed by atoms with Gasteiger partial charge in [-0.2, -0.15) is 0 Å². The number of rotatable bonds is 5. The zero-order valence-corrected chi connectivity index (χ0v) is 12.5. The molecule has 0 saturated carbocycles. The van der Waals surface area contributed by atoms with Crippen molar-refractivity contribution < 1.29 is 9.53 Å². The topological polar surface area (TPSA) is 52.3 Å². The van der Waals surface area contributed by atoms with Crippen molar-refractivity contribution in [1.29, 1.82) is 0 Å². The predicted molar refractivity (Wildman–Crippen MR) is 78.0 cm³/mol. The Bertz CT molecular complexity index is 409. The van der Waals surface area contributed by atoms with Gasteiger partial charge in [-0.1, -0.05) is 43.7 Å². The first kappa shape index (κ1) is 15.7. The lowest BCUT2D eigenvalue weighted by atomic mass is 9.84. The molecule has 0 fully saturated rings. The smallest absolute Gasteiger partial charge is 0.322 e. The third kappa shape index (κ3) is 4.35. The van der Waals surface area contributed by atoms with Crippen molar-refractivity contribution in [1.82, 2.24) is 0 Å². The van der Waals surface area contributed by atoms with Gasteiger partial charge in [0, 0.05) is 5.92 Å². The van der Waals surface area contributed by atoms with Crippen molar-refractivity contribution in [2.24, 2.45) is 11.7 Å². The Balaban J connectivity index is 2.88. The number of carbonyl (C=O) groups excluding carboxylic acids is 1. The summed E-state index contributed by atoms with van der Waals surface area (Å²) >= 11 is 0. The SMILES string of the molecule is Cc1ccc([C@H](C(C)C)[C@H](C)OC(=O)[C@H](C)N)cc1. The standard InChI is InChI=1S/C16H25NO2/c1-10(2)15(13(5)19-16(18)12(4)17)14-8-6-11(3)7-9-14/h6-10,12-13,15H,17H2,1-5H3/t12-,13-,15+/m0/s1. The number of hydrogen-bond donors (Lipinski definition) is 1. The molecule has 19 heavy (non-hydrogen) atoms. The number of benzene rings is 1. The van der Waals surface area contributed by atoms with Crippen LogP contribution in [0.3, 0.4) is 0 Å². The fourth-order valence-corrected chi connectivity index (χ4v) is 2.35. The predicted octanol–water partition coefficient (Wildman–Crippen LogP) is 3.01. The van der Waals surface area contributed by atoms with Gasteiger partial charge in [0.1, 0.15) is 12.1 Å². The fourth-order valence-electron chi connectivity index (χ4n) is 2.35. The molecule has 3 atom stereocenters. The fraction of sp³-hybridized carbons (Fsp3) is 0.562. The minimum atomic E-state index is -0.576. The Hall–Kier alpha value is -1.35. The van der Waals surface area contributed by atoms with Gasteiger partial charge in [0.15, 0.2) is 0 Å². The Morgan fingerprint density at radius 3 is 2.05 bits per heavy atom. The van der Waals surface area contributed by atoms with Crippen LogP contribution in [0.5, 0.6) is 0 Å². The van der Waals surface area contributed by atoms with E-state index < -0.39 is 6.04 Å². The summed E-state index contributed by atoms with van der Waals surface area (Å²) in [6.07, 6.45) is -0.179. The lowest BCUT2D eigenvalue weighted by Crippen LogP contribution is -2.34. The highest BCUT2D eigenvalue weighted by molar-refractivity contribution is 5.75. The van der Waals surface area contributed by atoms with Crippen LogP contribution < -0.4 is 5.73 Å². The van der Waals surface area contributed by atoms with E-state index in [9.17, 15) is 4.79 Å². The normalized spacial score (nSPS) is 15.9. The third-order valence-corrected chi connectivity index (χ3v) is 3.36. The molecule has 0 saturated heterocycles. The van der Waals surface area contributed by atoms with Crippen LogP contribution in [0.25, 0.3) is 0 Å². The van der Waals surface area contributed by atoms with E-state index in [0.29, 0.717) is 5.92 Å². The van der Waals surface area contributed by atoms with Crippen molar-refractivity contribution in [3.8, 4) is 0 Å². The van der Waals surface area contributed by atoms with Crippen LogP contribution in [0.4, 0.5) is 0 Å². The van der Waals surface area contributed by atoms with Gasteiger partial charge < -0.3 is 10.5 Å². The van der Waals surface area contributed by atoms with E-state index in [0.717, 1.165) is 0 Å². The molecule has 0 radical (unpaired) electrons. The van der Waals surface area contributed by atoms with E-state index >= 15 is 0 Å². The minimum Gasteiger partial charge on any atom is -0.461 e. The molecule has 2 N–H and O–H groups in total. The molecule has 3 heteroatoms. The van der Waals surface area contributed by atoms with Crippen LogP contribution in [0, 0.1) is 12.8 Å². The Kier molecular flexibility index (Phi) is 5.55. The van der Waals surface area contributed by atoms with Crippen LogP contribution in [0.2, 0.25) is 0 Å². The maximum Gasteiger partial charge on any atom is 0.322 e. The maximum atomic E-state index is 11.6. The summed E-state index contributed by atoms with van der Waals surface area (Å²) in [5, 5.41) is 0. The molecule has 0 spiro atoms.